The van der Waals surface area contributed by atoms with Crippen molar-refractivity contribution < 1.29 is 14.0 Å². The normalized spacial score (nSPS) is 17.1. The van der Waals surface area contributed by atoms with E-state index in [4.69, 9.17) is 0 Å². The maximum absolute atomic E-state index is 13.1. The number of aromatic nitrogens is 3. The third-order valence-electron chi connectivity index (χ3n) is 6.08. The Labute approximate surface area is 194 Å². The minimum atomic E-state index is -0.271. The summed E-state index contributed by atoms with van der Waals surface area (Å²) < 4.78 is 14.9. The molecule has 0 radical (unpaired) electrons. The highest BCUT2D eigenvalue weighted by atomic mass is 32.1. The number of rotatable bonds is 6. The molecule has 0 aliphatic carbocycles. The van der Waals surface area contributed by atoms with E-state index >= 15 is 0 Å². The first kappa shape index (κ1) is 21.8. The number of piperazine rings is 1. The summed E-state index contributed by atoms with van der Waals surface area (Å²) in [6.07, 6.45) is 3.95. The quantitative estimate of drug-likeness (QED) is 0.586. The fourth-order valence-electron chi connectivity index (χ4n) is 4.19. The molecule has 0 spiro atoms. The van der Waals surface area contributed by atoms with E-state index in [1.54, 1.807) is 16.6 Å². The van der Waals surface area contributed by atoms with Gasteiger partial charge in [-0.1, -0.05) is 11.3 Å². The Morgan fingerprint density at radius 1 is 1.03 bits per heavy atom. The van der Waals surface area contributed by atoms with Crippen LogP contribution in [0.15, 0.2) is 30.5 Å². The van der Waals surface area contributed by atoms with Crippen molar-refractivity contribution in [1.82, 2.24) is 29.7 Å². The summed E-state index contributed by atoms with van der Waals surface area (Å²) in [5, 5.41) is 8.31. The molecule has 0 bridgehead atoms. The number of halogens is 1. The molecule has 33 heavy (non-hydrogen) atoms. The number of carbonyl (C=O) groups is 2. The van der Waals surface area contributed by atoms with Crippen LogP contribution in [-0.2, 0) is 9.59 Å². The Kier molecular flexibility index (Phi) is 6.23. The largest absolute Gasteiger partial charge is 0.346 e. The summed E-state index contributed by atoms with van der Waals surface area (Å²) in [5.74, 6) is -0.383. The number of hydrogen-bond acceptors (Lipinski definition) is 7. The summed E-state index contributed by atoms with van der Waals surface area (Å²) in [4.78, 5) is 35.8. The van der Waals surface area contributed by atoms with Gasteiger partial charge in [0.05, 0.1) is 25.0 Å². The fourth-order valence-corrected chi connectivity index (χ4v) is 5.12. The molecule has 3 aromatic rings. The van der Waals surface area contributed by atoms with Gasteiger partial charge in [0.15, 0.2) is 0 Å². The number of amides is 2. The Morgan fingerprint density at radius 2 is 1.76 bits per heavy atom. The number of hydrogen-bond donors (Lipinski definition) is 1. The number of anilines is 1. The Morgan fingerprint density at radius 3 is 2.45 bits per heavy atom. The van der Waals surface area contributed by atoms with Gasteiger partial charge in [-0.2, -0.15) is 0 Å². The molecule has 2 saturated heterocycles. The predicted molar refractivity (Wildman–Crippen MR) is 124 cm³/mol. The Hall–Kier alpha value is -3.05. The van der Waals surface area contributed by atoms with E-state index in [-0.39, 0.29) is 24.2 Å². The molecular formula is C22H26FN7O2S. The number of benzene rings is 1. The highest BCUT2D eigenvalue weighted by Gasteiger charge is 2.23. The Balaban J connectivity index is 1.11. The van der Waals surface area contributed by atoms with Crippen molar-refractivity contribution in [3.63, 3.8) is 0 Å². The highest BCUT2D eigenvalue weighted by molar-refractivity contribution is 7.20. The first-order valence-electron chi connectivity index (χ1n) is 11.2. The summed E-state index contributed by atoms with van der Waals surface area (Å²) in [7, 11) is 0. The number of nitrogens with one attached hydrogen (secondary N) is 1. The standard InChI is InChI=1S/C22H26FN7O2S/c23-17-5-3-16(4-6-17)18-14-30-21(25-18)33-22(26-30)29-11-9-27(10-12-29)15-19(31)24-13-20(32)28-7-1-2-8-28/h3-6,14H,1-2,7-13,15H2,(H,24,31). The maximum atomic E-state index is 13.1. The van der Waals surface area contributed by atoms with Gasteiger partial charge >= 0.3 is 0 Å². The van der Waals surface area contributed by atoms with Crippen LogP contribution in [0.5, 0.6) is 0 Å². The smallest absolute Gasteiger partial charge is 0.241 e. The first-order valence-corrected chi connectivity index (χ1v) is 12.0. The molecule has 0 unspecified atom stereocenters. The SMILES string of the molecule is O=C(CN1CCN(c2nn3cc(-c4ccc(F)cc4)nc3s2)CC1)NCC(=O)N1CCCC1. The van der Waals surface area contributed by atoms with Gasteiger partial charge in [-0.3, -0.25) is 14.5 Å². The van der Waals surface area contributed by atoms with Crippen molar-refractivity contribution >= 4 is 33.2 Å². The highest BCUT2D eigenvalue weighted by Crippen LogP contribution is 2.27. The molecule has 2 aliphatic rings. The molecule has 2 aliphatic heterocycles. The molecule has 0 atom stereocenters. The van der Waals surface area contributed by atoms with E-state index in [9.17, 15) is 14.0 Å². The molecule has 0 saturated carbocycles. The van der Waals surface area contributed by atoms with Crippen molar-refractivity contribution in [2.24, 2.45) is 0 Å². The minimum Gasteiger partial charge on any atom is -0.346 e. The van der Waals surface area contributed by atoms with Gasteiger partial charge < -0.3 is 15.1 Å². The van der Waals surface area contributed by atoms with Crippen molar-refractivity contribution in [3.05, 3.63) is 36.3 Å². The summed E-state index contributed by atoms with van der Waals surface area (Å²) in [6, 6.07) is 6.26. The molecule has 5 rings (SSSR count). The van der Waals surface area contributed by atoms with Crippen molar-refractivity contribution in [3.8, 4) is 11.3 Å². The van der Waals surface area contributed by atoms with E-state index in [2.05, 4.69) is 25.2 Å². The number of likely N-dealkylation sites (tertiary alicyclic amines) is 1. The fraction of sp³-hybridized carbons (Fsp3) is 0.455. The van der Waals surface area contributed by atoms with E-state index < -0.39 is 0 Å². The number of nitrogens with zero attached hydrogens (tertiary/aromatic N) is 6. The summed E-state index contributed by atoms with van der Waals surface area (Å²) in [6.45, 7) is 4.99. The molecule has 4 heterocycles. The maximum Gasteiger partial charge on any atom is 0.241 e. The average molecular weight is 472 g/mol. The van der Waals surface area contributed by atoms with Gasteiger partial charge in [-0.15, -0.1) is 5.10 Å². The molecule has 2 amide bonds. The monoisotopic (exact) mass is 471 g/mol. The van der Waals surface area contributed by atoms with Crippen LogP contribution in [0.25, 0.3) is 16.2 Å². The lowest BCUT2D eigenvalue weighted by atomic mass is 10.2. The number of fused-ring (bicyclic) bond motifs is 1. The molecular weight excluding hydrogens is 445 g/mol. The molecule has 174 valence electrons. The van der Waals surface area contributed by atoms with E-state index in [0.29, 0.717) is 6.54 Å². The van der Waals surface area contributed by atoms with Crippen LogP contribution in [0.1, 0.15) is 12.8 Å². The lowest BCUT2D eigenvalue weighted by Crippen LogP contribution is -2.50. The van der Waals surface area contributed by atoms with Gasteiger partial charge in [0.25, 0.3) is 0 Å². The number of imidazole rings is 1. The van der Waals surface area contributed by atoms with Crippen molar-refractivity contribution in [2.45, 2.75) is 12.8 Å². The third kappa shape index (κ3) is 4.98. The molecule has 2 fully saturated rings. The average Bonchev–Trinajstić information content (AvgIpc) is 3.55. The van der Waals surface area contributed by atoms with E-state index in [1.807, 2.05) is 11.1 Å². The van der Waals surface area contributed by atoms with E-state index in [0.717, 1.165) is 73.5 Å². The zero-order valence-electron chi connectivity index (χ0n) is 18.2. The molecule has 2 aromatic heterocycles. The molecule has 9 nitrogen and oxygen atoms in total. The van der Waals surface area contributed by atoms with Crippen molar-refractivity contribution in [2.75, 3.05) is 57.3 Å². The van der Waals surface area contributed by atoms with Crippen LogP contribution in [0.2, 0.25) is 0 Å². The molecule has 1 aromatic carbocycles. The van der Waals surface area contributed by atoms with Gasteiger partial charge in [0.1, 0.15) is 5.82 Å². The topological polar surface area (TPSA) is 86.1 Å². The zero-order valence-corrected chi connectivity index (χ0v) is 19.1. The number of carbonyl (C=O) groups excluding carboxylic acids is 2. The van der Waals surface area contributed by atoms with E-state index in [1.165, 1.54) is 23.5 Å². The lowest BCUT2D eigenvalue weighted by molar-refractivity contribution is -0.132. The lowest BCUT2D eigenvalue weighted by Gasteiger charge is -2.33. The predicted octanol–water partition coefficient (Wildman–Crippen LogP) is 1.46. The summed E-state index contributed by atoms with van der Waals surface area (Å²) >= 11 is 1.51. The van der Waals surface area contributed by atoms with Crippen molar-refractivity contribution in [1.29, 1.82) is 0 Å². The summed E-state index contributed by atoms with van der Waals surface area (Å²) in [5.41, 5.74) is 1.61. The Bertz CT molecular complexity index is 1100. The third-order valence-corrected chi connectivity index (χ3v) is 7.06. The molecule has 11 heteroatoms. The van der Waals surface area contributed by atoms with Crippen LogP contribution in [-0.4, -0.2) is 88.6 Å². The van der Waals surface area contributed by atoms with Gasteiger partial charge in [-0.25, -0.2) is 13.9 Å². The zero-order chi connectivity index (χ0) is 22.8. The van der Waals surface area contributed by atoms with Gasteiger partial charge in [-0.05, 0) is 37.1 Å². The van der Waals surface area contributed by atoms with Crippen LogP contribution >= 0.6 is 11.3 Å². The van der Waals surface area contributed by atoms with Gasteiger partial charge in [0.2, 0.25) is 21.9 Å². The van der Waals surface area contributed by atoms with Crippen LogP contribution in [0, 0.1) is 5.82 Å². The first-order chi connectivity index (χ1) is 16.0. The second-order valence-corrected chi connectivity index (χ2v) is 9.31. The minimum absolute atomic E-state index is 0.00189. The van der Waals surface area contributed by atoms with Crippen LogP contribution < -0.4 is 10.2 Å². The molecule has 1 N–H and O–H groups in total. The van der Waals surface area contributed by atoms with Gasteiger partial charge in [0, 0.05) is 44.8 Å². The van der Waals surface area contributed by atoms with Crippen LogP contribution in [0.4, 0.5) is 9.52 Å². The van der Waals surface area contributed by atoms with Crippen LogP contribution in [0.3, 0.4) is 0 Å². The second kappa shape index (κ2) is 9.44. The second-order valence-electron chi connectivity index (χ2n) is 8.37.